The van der Waals surface area contributed by atoms with E-state index in [0.717, 1.165) is 0 Å². The molecule has 1 aliphatic heterocycles. The highest BCUT2D eigenvalue weighted by molar-refractivity contribution is 6.47. The number of amides is 1. The molecular weight excluding hydrogens is 498 g/mol. The monoisotopic (exact) mass is 531 g/mol. The molecule has 0 radical (unpaired) electrons. The standard InChI is InChI=1S/C27H33N9O3/c1-17(33-20-7-10-35(11-8-20)26(37)39-27(3,4)5)25(34-29)19-12-23-31-15-21(14-28)36(23)24(13-19)38-18(2)22-6-9-30-16-32-22/h6,9,12-13,15-16,18,20H,7-8,10-11,29H2,1-5H3/b33-17?,34-25+/t18-/m1/s1. The Morgan fingerprint density at radius 1 is 1.26 bits per heavy atom. The van der Waals surface area contributed by atoms with Gasteiger partial charge in [-0.2, -0.15) is 10.4 Å². The first-order valence-electron chi connectivity index (χ1n) is 12.7. The van der Waals surface area contributed by atoms with Crippen molar-refractivity contribution in [2.75, 3.05) is 13.1 Å². The maximum absolute atomic E-state index is 12.4. The van der Waals surface area contributed by atoms with Crippen molar-refractivity contribution >= 4 is 23.2 Å². The van der Waals surface area contributed by atoms with Crippen LogP contribution in [0.4, 0.5) is 4.79 Å². The van der Waals surface area contributed by atoms with E-state index in [0.29, 0.717) is 65.8 Å². The molecule has 0 bridgehead atoms. The molecule has 12 heteroatoms. The molecule has 1 saturated heterocycles. The van der Waals surface area contributed by atoms with Gasteiger partial charge in [0.05, 0.1) is 23.6 Å². The second-order valence-electron chi connectivity index (χ2n) is 10.3. The molecule has 4 heterocycles. The van der Waals surface area contributed by atoms with Crippen LogP contribution in [0.25, 0.3) is 5.65 Å². The molecule has 0 spiro atoms. The van der Waals surface area contributed by atoms with Crippen LogP contribution < -0.4 is 10.6 Å². The van der Waals surface area contributed by atoms with Crippen LogP contribution >= 0.6 is 0 Å². The van der Waals surface area contributed by atoms with Gasteiger partial charge in [0.25, 0.3) is 0 Å². The number of piperidine rings is 1. The van der Waals surface area contributed by atoms with E-state index in [-0.39, 0.29) is 12.1 Å². The highest BCUT2D eigenvalue weighted by atomic mass is 16.6. The molecule has 1 amide bonds. The van der Waals surface area contributed by atoms with E-state index in [1.165, 1.54) is 12.5 Å². The Morgan fingerprint density at radius 2 is 2.00 bits per heavy atom. The SMILES string of the molecule is CC(=NC1CCN(C(=O)OC(C)(C)C)CC1)/C(=N\N)c1cc(O[C@H](C)c2ccncn2)n2c(C#N)cnc2c1. The normalized spacial score (nSPS) is 16.2. The fourth-order valence-electron chi connectivity index (χ4n) is 4.38. The number of ether oxygens (including phenoxy) is 2. The number of hydrogen-bond acceptors (Lipinski definition) is 10. The van der Waals surface area contributed by atoms with Crippen molar-refractivity contribution in [1.29, 1.82) is 5.26 Å². The number of fused-ring (bicyclic) bond motifs is 1. The van der Waals surface area contributed by atoms with E-state index < -0.39 is 11.7 Å². The highest BCUT2D eigenvalue weighted by Gasteiger charge is 2.27. The Labute approximate surface area is 227 Å². The number of imidazole rings is 1. The number of rotatable bonds is 6. The van der Waals surface area contributed by atoms with Crippen LogP contribution in [0.3, 0.4) is 0 Å². The average Bonchev–Trinajstić information content (AvgIpc) is 3.32. The van der Waals surface area contributed by atoms with E-state index in [1.807, 2.05) is 34.6 Å². The predicted octanol–water partition coefficient (Wildman–Crippen LogP) is 3.66. The Balaban J connectivity index is 1.57. The molecule has 3 aromatic heterocycles. The summed E-state index contributed by atoms with van der Waals surface area (Å²) < 4.78 is 13.4. The summed E-state index contributed by atoms with van der Waals surface area (Å²) in [5.41, 5.74) is 2.77. The number of aromatic nitrogens is 4. The van der Waals surface area contributed by atoms with Crippen LogP contribution in [-0.2, 0) is 4.74 Å². The van der Waals surface area contributed by atoms with Crippen LogP contribution in [0.15, 0.2) is 47.0 Å². The number of aliphatic imine (C=N–C) groups is 1. The minimum absolute atomic E-state index is 0.00860. The molecule has 39 heavy (non-hydrogen) atoms. The van der Waals surface area contributed by atoms with E-state index in [2.05, 4.69) is 26.1 Å². The number of likely N-dealkylation sites (tertiary alicyclic amines) is 1. The van der Waals surface area contributed by atoms with Gasteiger partial charge in [0, 0.05) is 30.9 Å². The number of carbonyl (C=O) groups excluding carboxylic acids is 1. The lowest BCUT2D eigenvalue weighted by molar-refractivity contribution is 0.0207. The van der Waals surface area contributed by atoms with E-state index >= 15 is 0 Å². The van der Waals surface area contributed by atoms with E-state index in [4.69, 9.17) is 20.3 Å². The summed E-state index contributed by atoms with van der Waals surface area (Å²) in [5, 5.41) is 13.7. The van der Waals surface area contributed by atoms with Crippen molar-refractivity contribution < 1.29 is 14.3 Å². The molecule has 0 aromatic carbocycles. The number of nitriles is 1. The molecule has 2 N–H and O–H groups in total. The number of nitrogens with two attached hydrogens (primary N) is 1. The number of carbonyl (C=O) groups is 1. The van der Waals surface area contributed by atoms with Gasteiger partial charge in [0.2, 0.25) is 5.88 Å². The summed E-state index contributed by atoms with van der Waals surface area (Å²) in [6, 6.07) is 7.48. The van der Waals surface area contributed by atoms with Gasteiger partial charge in [-0.3, -0.25) is 9.39 Å². The lowest BCUT2D eigenvalue weighted by Gasteiger charge is -2.32. The smallest absolute Gasteiger partial charge is 0.410 e. The largest absolute Gasteiger partial charge is 0.469 e. The number of hydrogen-bond donors (Lipinski definition) is 1. The molecule has 1 aliphatic rings. The summed E-state index contributed by atoms with van der Waals surface area (Å²) >= 11 is 0. The zero-order valence-electron chi connectivity index (χ0n) is 22.8. The van der Waals surface area contributed by atoms with Gasteiger partial charge in [-0.25, -0.2) is 19.7 Å². The van der Waals surface area contributed by atoms with Crippen molar-refractivity contribution in [3.63, 3.8) is 0 Å². The second kappa shape index (κ2) is 11.5. The van der Waals surface area contributed by atoms with E-state index in [9.17, 15) is 10.1 Å². The van der Waals surface area contributed by atoms with Crippen molar-refractivity contribution in [2.45, 2.75) is 65.2 Å². The van der Waals surface area contributed by atoms with Crippen LogP contribution in [0.5, 0.6) is 5.88 Å². The minimum Gasteiger partial charge on any atom is -0.469 e. The van der Waals surface area contributed by atoms with Crippen LogP contribution in [-0.4, -0.2) is 66.5 Å². The first-order chi connectivity index (χ1) is 18.6. The molecule has 0 saturated carbocycles. The van der Waals surface area contributed by atoms with Gasteiger partial charge >= 0.3 is 6.09 Å². The van der Waals surface area contributed by atoms with Crippen molar-refractivity contribution in [3.8, 4) is 11.9 Å². The molecule has 0 unspecified atom stereocenters. The molecule has 3 aromatic rings. The lowest BCUT2D eigenvalue weighted by atomic mass is 10.0. The van der Waals surface area contributed by atoms with Gasteiger partial charge in [-0.15, -0.1) is 0 Å². The van der Waals surface area contributed by atoms with Crippen LogP contribution in [0.1, 0.15) is 70.5 Å². The summed E-state index contributed by atoms with van der Waals surface area (Å²) in [4.78, 5) is 31.6. The minimum atomic E-state index is -0.533. The van der Waals surface area contributed by atoms with Gasteiger partial charge in [0.1, 0.15) is 41.2 Å². The summed E-state index contributed by atoms with van der Waals surface area (Å²) in [5.74, 6) is 6.24. The zero-order valence-corrected chi connectivity index (χ0v) is 22.8. The van der Waals surface area contributed by atoms with E-state index in [1.54, 1.807) is 33.7 Å². The third-order valence-corrected chi connectivity index (χ3v) is 6.24. The molecular formula is C27H33N9O3. The maximum Gasteiger partial charge on any atom is 0.410 e. The summed E-state index contributed by atoms with van der Waals surface area (Å²) in [7, 11) is 0. The molecule has 1 atom stereocenters. The molecule has 4 rings (SSSR count). The summed E-state index contributed by atoms with van der Waals surface area (Å²) in [6.07, 6.45) is 5.25. The quantitative estimate of drug-likeness (QED) is 0.287. The number of pyridine rings is 1. The Bertz CT molecular complexity index is 1430. The topological polar surface area (TPSA) is 156 Å². The third kappa shape index (κ3) is 6.49. The Hall–Kier alpha value is -4.53. The summed E-state index contributed by atoms with van der Waals surface area (Å²) in [6.45, 7) is 10.4. The number of nitrogens with zero attached hydrogens (tertiary/aromatic N) is 8. The van der Waals surface area contributed by atoms with Crippen molar-refractivity contribution in [3.05, 3.63) is 53.9 Å². The van der Waals surface area contributed by atoms with Crippen LogP contribution in [0.2, 0.25) is 0 Å². The van der Waals surface area contributed by atoms with Crippen molar-refractivity contribution in [1.82, 2.24) is 24.3 Å². The van der Waals surface area contributed by atoms with Crippen molar-refractivity contribution in [2.24, 2.45) is 15.9 Å². The van der Waals surface area contributed by atoms with Gasteiger partial charge in [0.15, 0.2) is 0 Å². The average molecular weight is 532 g/mol. The fourth-order valence-corrected chi connectivity index (χ4v) is 4.38. The maximum atomic E-state index is 12.4. The van der Waals surface area contributed by atoms with Gasteiger partial charge in [-0.05, 0) is 59.6 Å². The lowest BCUT2D eigenvalue weighted by Crippen LogP contribution is -2.42. The van der Waals surface area contributed by atoms with Gasteiger partial charge < -0.3 is 20.2 Å². The molecule has 1 fully saturated rings. The fraction of sp³-hybridized carbons (Fsp3) is 0.444. The Morgan fingerprint density at radius 3 is 2.62 bits per heavy atom. The molecule has 12 nitrogen and oxygen atoms in total. The second-order valence-corrected chi connectivity index (χ2v) is 10.3. The first-order valence-corrected chi connectivity index (χ1v) is 12.7. The highest BCUT2D eigenvalue weighted by Crippen LogP contribution is 2.26. The Kier molecular flexibility index (Phi) is 8.09. The third-order valence-electron chi connectivity index (χ3n) is 6.24. The van der Waals surface area contributed by atoms with Crippen LogP contribution in [0, 0.1) is 11.3 Å². The van der Waals surface area contributed by atoms with Gasteiger partial charge in [-0.1, -0.05) is 0 Å². The number of hydrazone groups is 1. The predicted molar refractivity (Wildman–Crippen MR) is 146 cm³/mol. The molecule has 0 aliphatic carbocycles. The molecule has 204 valence electrons. The zero-order chi connectivity index (χ0) is 28.2. The first kappa shape index (κ1) is 27.5.